The Labute approximate surface area is 80.8 Å². The van der Waals surface area contributed by atoms with Crippen molar-refractivity contribution >= 4 is 22.4 Å². The largest absolute Gasteiger partial charge is 0.301 e. The Hall–Kier alpha value is -1.60. The predicted octanol–water partition coefficient (Wildman–Crippen LogP) is 1.31. The molecule has 2 rings (SSSR count). The van der Waals surface area contributed by atoms with Gasteiger partial charge in [0.05, 0.1) is 6.20 Å². The highest BCUT2D eigenvalue weighted by atomic mass is 32.2. The van der Waals surface area contributed by atoms with E-state index in [4.69, 9.17) is 4.55 Å². The third kappa shape index (κ3) is 1.32. The van der Waals surface area contributed by atoms with Gasteiger partial charge in [0.25, 0.3) is 0 Å². The molecule has 0 aliphatic heterocycles. The number of hydrogen-bond donors (Lipinski definition) is 1. The molecule has 0 saturated heterocycles. The fraction of sp³-hybridized carbons (Fsp3) is 0. The van der Waals surface area contributed by atoms with Crippen LogP contribution in [-0.4, -0.2) is 18.1 Å². The van der Waals surface area contributed by atoms with E-state index in [2.05, 4.69) is 10.2 Å². The molecule has 1 atom stereocenters. The van der Waals surface area contributed by atoms with E-state index in [0.717, 1.165) is 0 Å². The molecule has 0 aromatic carbocycles. The fourth-order valence-corrected chi connectivity index (χ4v) is 1.59. The molecule has 2 aromatic heterocycles. The first kappa shape index (κ1) is 8.97. The molecule has 1 unspecified atom stereocenters. The maximum absolute atomic E-state index is 10.8. The molecule has 14 heavy (non-hydrogen) atoms. The molecule has 2 heterocycles. The van der Waals surface area contributed by atoms with Gasteiger partial charge in [-0.1, -0.05) is 0 Å². The van der Waals surface area contributed by atoms with E-state index in [9.17, 15) is 9.12 Å². The van der Waals surface area contributed by atoms with Crippen molar-refractivity contribution in [1.29, 1.82) is 0 Å². The molecule has 2 aromatic rings. The average Bonchev–Trinajstić information content (AvgIpc) is 2.59. The molecule has 0 spiro atoms. The highest BCUT2D eigenvalue weighted by Gasteiger charge is 2.08. The van der Waals surface area contributed by atoms with Gasteiger partial charge in [-0.3, -0.25) is 4.40 Å². The van der Waals surface area contributed by atoms with E-state index in [1.165, 1.54) is 22.9 Å². The van der Waals surface area contributed by atoms with Gasteiger partial charge in [-0.25, -0.2) is 9.19 Å². The third-order valence-corrected chi connectivity index (χ3v) is 2.40. The van der Waals surface area contributed by atoms with Crippen LogP contribution in [0.5, 0.6) is 0 Å². The van der Waals surface area contributed by atoms with Gasteiger partial charge in [0.2, 0.25) is 11.1 Å². The summed E-state index contributed by atoms with van der Waals surface area (Å²) in [7, 11) is 0. The second-order valence-corrected chi connectivity index (χ2v) is 3.47. The van der Waals surface area contributed by atoms with E-state index in [1.807, 2.05) is 0 Å². The van der Waals surface area contributed by atoms with Gasteiger partial charge in [0, 0.05) is 6.20 Å². The predicted molar refractivity (Wildman–Crippen MR) is 49.7 cm³/mol. The number of fused-ring (bicyclic) bond motifs is 1. The lowest BCUT2D eigenvalue weighted by atomic mass is 10.4. The molecule has 72 valence electrons. The molecular formula is C7H5N3O3S. The standard InChI is InChI=1S/C7H5N3O3S/c11-9-5-1-2-6-8-3-7(14(12)13)10(6)4-5/h1-4H,(H,12,13). The van der Waals surface area contributed by atoms with Crippen molar-refractivity contribution in [2.45, 2.75) is 5.03 Å². The smallest absolute Gasteiger partial charge is 0.205 e. The number of rotatable bonds is 2. The zero-order valence-electron chi connectivity index (χ0n) is 6.82. The number of nitrogens with zero attached hydrogens (tertiary/aromatic N) is 3. The summed E-state index contributed by atoms with van der Waals surface area (Å²) in [6, 6.07) is 3.03. The van der Waals surface area contributed by atoms with Crippen LogP contribution in [0.15, 0.2) is 34.7 Å². The van der Waals surface area contributed by atoms with Crippen molar-refractivity contribution in [2.24, 2.45) is 5.18 Å². The Morgan fingerprint density at radius 1 is 1.50 bits per heavy atom. The maximum atomic E-state index is 10.8. The Morgan fingerprint density at radius 3 is 2.93 bits per heavy atom. The first-order valence-corrected chi connectivity index (χ1v) is 4.74. The number of pyridine rings is 1. The lowest BCUT2D eigenvalue weighted by molar-refractivity contribution is 0.559. The Bertz CT molecular complexity index is 522. The Balaban J connectivity index is 2.75. The van der Waals surface area contributed by atoms with Crippen LogP contribution in [0.4, 0.5) is 5.69 Å². The highest BCUT2D eigenvalue weighted by molar-refractivity contribution is 7.79. The van der Waals surface area contributed by atoms with Crippen LogP contribution in [0.3, 0.4) is 0 Å². The van der Waals surface area contributed by atoms with Crippen molar-refractivity contribution in [2.75, 3.05) is 0 Å². The van der Waals surface area contributed by atoms with Gasteiger partial charge in [-0.2, -0.15) is 0 Å². The molecule has 0 aliphatic carbocycles. The van der Waals surface area contributed by atoms with E-state index in [-0.39, 0.29) is 10.7 Å². The van der Waals surface area contributed by atoms with Crippen LogP contribution >= 0.6 is 0 Å². The fourth-order valence-electron chi connectivity index (χ4n) is 1.13. The van der Waals surface area contributed by atoms with Crippen molar-refractivity contribution < 1.29 is 8.76 Å². The molecule has 1 N–H and O–H groups in total. The van der Waals surface area contributed by atoms with Gasteiger partial charge in [-0.15, -0.1) is 4.91 Å². The summed E-state index contributed by atoms with van der Waals surface area (Å²) < 4.78 is 21.0. The molecule has 0 bridgehead atoms. The molecular weight excluding hydrogens is 206 g/mol. The molecule has 0 saturated carbocycles. The molecule has 7 heteroatoms. The van der Waals surface area contributed by atoms with Crippen LogP contribution in [0, 0.1) is 4.91 Å². The van der Waals surface area contributed by atoms with Crippen LogP contribution in [0.25, 0.3) is 5.65 Å². The normalized spacial score (nSPS) is 12.9. The van der Waals surface area contributed by atoms with Crippen molar-refractivity contribution in [3.8, 4) is 0 Å². The van der Waals surface area contributed by atoms with Gasteiger partial charge < -0.3 is 4.55 Å². The van der Waals surface area contributed by atoms with E-state index in [1.54, 1.807) is 6.07 Å². The minimum absolute atomic E-state index is 0.116. The summed E-state index contributed by atoms with van der Waals surface area (Å²) in [5.41, 5.74) is 0.678. The Morgan fingerprint density at radius 2 is 2.29 bits per heavy atom. The molecule has 6 nitrogen and oxygen atoms in total. The summed E-state index contributed by atoms with van der Waals surface area (Å²) in [6.45, 7) is 0. The SMILES string of the molecule is O=Nc1ccc2ncc(S(=O)O)n2c1. The van der Waals surface area contributed by atoms with Crippen LogP contribution < -0.4 is 0 Å². The summed E-state index contributed by atoms with van der Waals surface area (Å²) in [4.78, 5) is 14.1. The Kier molecular flexibility index (Phi) is 2.10. The quantitative estimate of drug-likeness (QED) is 0.599. The van der Waals surface area contributed by atoms with Gasteiger partial charge >= 0.3 is 0 Å². The van der Waals surface area contributed by atoms with Gasteiger partial charge in [-0.05, 0) is 17.3 Å². The maximum Gasteiger partial charge on any atom is 0.205 e. The number of nitroso groups, excluding NO2 is 1. The number of imidazole rings is 1. The monoisotopic (exact) mass is 211 g/mol. The van der Waals surface area contributed by atoms with Crippen LogP contribution in [0.2, 0.25) is 0 Å². The lowest BCUT2D eigenvalue weighted by Crippen LogP contribution is -1.94. The zero-order valence-corrected chi connectivity index (χ0v) is 7.64. The molecule has 0 amide bonds. The zero-order chi connectivity index (χ0) is 10.1. The van der Waals surface area contributed by atoms with E-state index in [0.29, 0.717) is 5.65 Å². The second-order valence-electron chi connectivity index (χ2n) is 2.55. The minimum Gasteiger partial charge on any atom is -0.301 e. The summed E-state index contributed by atoms with van der Waals surface area (Å²) in [5, 5.41) is 2.84. The summed E-state index contributed by atoms with van der Waals surface area (Å²) in [6.07, 6.45) is 2.64. The topological polar surface area (TPSA) is 84.0 Å². The van der Waals surface area contributed by atoms with E-state index >= 15 is 0 Å². The summed E-state index contributed by atoms with van der Waals surface area (Å²) >= 11 is -2.13. The minimum atomic E-state index is -2.13. The molecule has 0 aliphatic rings. The van der Waals surface area contributed by atoms with Crippen molar-refractivity contribution in [3.05, 3.63) is 29.4 Å². The van der Waals surface area contributed by atoms with Gasteiger partial charge in [0.1, 0.15) is 11.3 Å². The molecule has 0 radical (unpaired) electrons. The summed E-state index contributed by atoms with van der Waals surface area (Å²) in [5.74, 6) is 0. The second kappa shape index (κ2) is 3.28. The highest BCUT2D eigenvalue weighted by Crippen LogP contribution is 2.16. The number of hydrogen-bond acceptors (Lipinski definition) is 4. The third-order valence-electron chi connectivity index (χ3n) is 1.74. The first-order chi connectivity index (χ1) is 6.72. The van der Waals surface area contributed by atoms with E-state index < -0.39 is 11.1 Å². The molecule has 0 fully saturated rings. The van der Waals surface area contributed by atoms with Crippen LogP contribution in [-0.2, 0) is 11.1 Å². The van der Waals surface area contributed by atoms with Crippen molar-refractivity contribution in [3.63, 3.8) is 0 Å². The lowest BCUT2D eigenvalue weighted by Gasteiger charge is -1.96. The van der Waals surface area contributed by atoms with Gasteiger partial charge in [0.15, 0.2) is 5.03 Å². The van der Waals surface area contributed by atoms with Crippen molar-refractivity contribution in [1.82, 2.24) is 9.38 Å². The van der Waals surface area contributed by atoms with Crippen LogP contribution in [0.1, 0.15) is 0 Å². The average molecular weight is 211 g/mol. The number of aromatic nitrogens is 2. The first-order valence-electron chi connectivity index (χ1n) is 3.63.